The van der Waals surface area contributed by atoms with Gasteiger partial charge >= 0.3 is 6.09 Å². The number of nitrogens with zero attached hydrogens (tertiary/aromatic N) is 1. The summed E-state index contributed by atoms with van der Waals surface area (Å²) < 4.78 is 27.1. The number of carboxylic acid groups (broad SMARTS) is 1. The van der Waals surface area contributed by atoms with E-state index in [1.54, 1.807) is 20.8 Å². The normalized spacial score (nSPS) is 20.3. The highest BCUT2D eigenvalue weighted by Gasteiger charge is 2.44. The minimum absolute atomic E-state index is 0.0523. The van der Waals surface area contributed by atoms with E-state index in [4.69, 9.17) is 5.11 Å². The second kappa shape index (κ2) is 7.31. The number of aliphatic hydroxyl groups is 1. The molecule has 1 aliphatic carbocycles. The summed E-state index contributed by atoms with van der Waals surface area (Å²) in [6.45, 7) is 5.08. The maximum Gasteiger partial charge on any atom is 0.408 e. The number of benzene rings is 1. The molecule has 3 N–H and O–H groups in total. The number of sulfonamides is 1. The van der Waals surface area contributed by atoms with E-state index in [0.717, 1.165) is 11.1 Å². The second-order valence-corrected chi connectivity index (χ2v) is 9.15. The molecule has 1 aromatic carbocycles. The molecule has 1 aromatic rings. The molecule has 1 aliphatic rings. The highest BCUT2D eigenvalue weighted by Crippen LogP contribution is 2.39. The fraction of sp³-hybridized carbons (Fsp3) is 0.588. The van der Waals surface area contributed by atoms with Gasteiger partial charge in [0.1, 0.15) is 0 Å². The van der Waals surface area contributed by atoms with Crippen molar-refractivity contribution >= 4 is 16.1 Å². The van der Waals surface area contributed by atoms with Crippen molar-refractivity contribution in [2.24, 2.45) is 0 Å². The van der Waals surface area contributed by atoms with Crippen LogP contribution < -0.4 is 4.72 Å². The Hall–Kier alpha value is -1.64. The van der Waals surface area contributed by atoms with E-state index in [1.165, 1.54) is 4.90 Å². The molecule has 0 saturated heterocycles. The van der Waals surface area contributed by atoms with Crippen LogP contribution in [-0.2, 0) is 16.4 Å². The van der Waals surface area contributed by atoms with Gasteiger partial charge < -0.3 is 10.2 Å². The van der Waals surface area contributed by atoms with E-state index in [2.05, 4.69) is 4.72 Å². The van der Waals surface area contributed by atoms with Gasteiger partial charge in [-0.3, -0.25) is 4.90 Å². The van der Waals surface area contributed by atoms with Gasteiger partial charge in [-0.25, -0.2) is 17.9 Å². The zero-order valence-corrected chi connectivity index (χ0v) is 15.6. The van der Waals surface area contributed by atoms with Crippen LogP contribution in [0.2, 0.25) is 0 Å². The zero-order valence-electron chi connectivity index (χ0n) is 14.8. The SMILES string of the molecule is CC(C)(C)N(C(=O)O)[C@@H]1Cc2ccccc2[C@@H]1CS(=O)(=O)NCCO. The molecule has 0 heterocycles. The smallest absolute Gasteiger partial charge is 0.408 e. The molecule has 0 unspecified atom stereocenters. The van der Waals surface area contributed by atoms with Gasteiger partial charge in [-0.05, 0) is 38.3 Å². The van der Waals surface area contributed by atoms with Crippen LogP contribution in [-0.4, -0.2) is 60.1 Å². The summed E-state index contributed by atoms with van der Waals surface area (Å²) in [5.41, 5.74) is 1.20. The molecule has 1 amide bonds. The first-order valence-electron chi connectivity index (χ1n) is 8.25. The third-order valence-electron chi connectivity index (χ3n) is 4.44. The Morgan fingerprint density at radius 3 is 2.52 bits per heavy atom. The second-order valence-electron chi connectivity index (χ2n) is 7.30. The monoisotopic (exact) mass is 370 g/mol. The molecule has 0 aliphatic heterocycles. The van der Waals surface area contributed by atoms with Crippen molar-refractivity contribution in [2.45, 2.75) is 44.7 Å². The fourth-order valence-corrected chi connectivity index (χ4v) is 4.95. The summed E-state index contributed by atoms with van der Waals surface area (Å²) in [4.78, 5) is 13.3. The maximum absolute atomic E-state index is 12.4. The van der Waals surface area contributed by atoms with Crippen LogP contribution in [0.25, 0.3) is 0 Å². The average molecular weight is 370 g/mol. The number of nitrogens with one attached hydrogen (secondary N) is 1. The highest BCUT2D eigenvalue weighted by molar-refractivity contribution is 7.89. The first kappa shape index (κ1) is 19.7. The largest absolute Gasteiger partial charge is 0.465 e. The molecule has 2 atom stereocenters. The van der Waals surface area contributed by atoms with Gasteiger partial charge in [0.05, 0.1) is 12.4 Å². The van der Waals surface area contributed by atoms with Gasteiger partial charge in [-0.15, -0.1) is 0 Å². The van der Waals surface area contributed by atoms with Crippen LogP contribution in [0.1, 0.15) is 37.8 Å². The van der Waals surface area contributed by atoms with E-state index < -0.39 is 33.6 Å². The van der Waals surface area contributed by atoms with Gasteiger partial charge in [0.15, 0.2) is 0 Å². The van der Waals surface area contributed by atoms with Gasteiger partial charge in [-0.1, -0.05) is 24.3 Å². The lowest BCUT2D eigenvalue weighted by molar-refractivity contribution is 0.0665. The number of amides is 1. The Labute approximate surface area is 148 Å². The van der Waals surface area contributed by atoms with E-state index >= 15 is 0 Å². The average Bonchev–Trinajstić information content (AvgIpc) is 2.81. The van der Waals surface area contributed by atoms with Gasteiger partial charge in [0, 0.05) is 24.0 Å². The van der Waals surface area contributed by atoms with Crippen LogP contribution in [0.4, 0.5) is 4.79 Å². The highest BCUT2D eigenvalue weighted by atomic mass is 32.2. The number of rotatable bonds is 6. The van der Waals surface area contributed by atoms with Crippen LogP contribution in [0.5, 0.6) is 0 Å². The van der Waals surface area contributed by atoms with Crippen molar-refractivity contribution in [3.8, 4) is 0 Å². The van der Waals surface area contributed by atoms with E-state index in [9.17, 15) is 18.3 Å². The lowest BCUT2D eigenvalue weighted by atomic mass is 9.95. The zero-order chi connectivity index (χ0) is 18.8. The molecule has 0 saturated carbocycles. The van der Waals surface area contributed by atoms with E-state index in [-0.39, 0.29) is 18.9 Å². The molecule has 0 aromatic heterocycles. The summed E-state index contributed by atoms with van der Waals surface area (Å²) in [5.74, 6) is -0.670. The van der Waals surface area contributed by atoms with Crippen molar-refractivity contribution in [3.63, 3.8) is 0 Å². The summed E-state index contributed by atoms with van der Waals surface area (Å²) in [7, 11) is -3.64. The van der Waals surface area contributed by atoms with Crippen LogP contribution in [0.3, 0.4) is 0 Å². The third-order valence-corrected chi connectivity index (χ3v) is 5.88. The van der Waals surface area contributed by atoms with Gasteiger partial charge in [0.25, 0.3) is 0 Å². The first-order chi connectivity index (χ1) is 11.6. The number of hydrogen-bond donors (Lipinski definition) is 3. The van der Waals surface area contributed by atoms with Crippen molar-refractivity contribution in [1.29, 1.82) is 0 Å². The summed E-state index contributed by atoms with van der Waals surface area (Å²) in [6.07, 6.45) is -0.573. The molecular weight excluding hydrogens is 344 g/mol. The van der Waals surface area contributed by atoms with Gasteiger partial charge in [-0.2, -0.15) is 0 Å². The molecule has 0 bridgehead atoms. The first-order valence-corrected chi connectivity index (χ1v) is 9.90. The Kier molecular flexibility index (Phi) is 5.75. The standard InChI is InChI=1S/C17H26N2O5S/c1-17(2,3)19(16(21)22)15-10-12-6-4-5-7-13(12)14(15)11-25(23,24)18-8-9-20/h4-7,14-15,18,20H,8-11H2,1-3H3,(H,21,22)/t14-,15+/m0/s1. The molecule has 8 heteroatoms. The number of hydrogen-bond acceptors (Lipinski definition) is 4. The molecule has 25 heavy (non-hydrogen) atoms. The molecule has 7 nitrogen and oxygen atoms in total. The quantitative estimate of drug-likeness (QED) is 0.701. The molecule has 0 fully saturated rings. The van der Waals surface area contributed by atoms with Crippen LogP contribution >= 0.6 is 0 Å². The lowest BCUT2D eigenvalue weighted by Gasteiger charge is -2.40. The number of fused-ring (bicyclic) bond motifs is 1. The minimum atomic E-state index is -3.64. The Morgan fingerprint density at radius 2 is 1.96 bits per heavy atom. The third kappa shape index (κ3) is 4.50. The topological polar surface area (TPSA) is 107 Å². The van der Waals surface area contributed by atoms with Crippen molar-refractivity contribution in [2.75, 3.05) is 18.9 Å². The van der Waals surface area contributed by atoms with Crippen LogP contribution in [0.15, 0.2) is 24.3 Å². The number of carbonyl (C=O) groups is 1. The molecule has 140 valence electrons. The van der Waals surface area contributed by atoms with Crippen molar-refractivity contribution in [1.82, 2.24) is 9.62 Å². The predicted octanol–water partition coefficient (Wildman–Crippen LogP) is 1.39. The Balaban J connectivity index is 2.41. The molecule has 0 radical (unpaired) electrons. The lowest BCUT2D eigenvalue weighted by Crippen LogP contribution is -2.53. The minimum Gasteiger partial charge on any atom is -0.465 e. The molecule has 2 rings (SSSR count). The Morgan fingerprint density at radius 1 is 1.32 bits per heavy atom. The maximum atomic E-state index is 12.4. The van der Waals surface area contributed by atoms with E-state index in [1.807, 2.05) is 24.3 Å². The summed E-state index contributed by atoms with van der Waals surface area (Å²) in [5, 5.41) is 18.6. The van der Waals surface area contributed by atoms with E-state index in [0.29, 0.717) is 6.42 Å². The van der Waals surface area contributed by atoms with Crippen LogP contribution in [0, 0.1) is 0 Å². The summed E-state index contributed by atoms with van der Waals surface area (Å²) in [6, 6.07) is 7.03. The Bertz CT molecular complexity index is 727. The molecular formula is C17H26N2O5S. The summed E-state index contributed by atoms with van der Waals surface area (Å²) >= 11 is 0. The molecule has 0 spiro atoms. The predicted molar refractivity (Wildman–Crippen MR) is 95.2 cm³/mol. The van der Waals surface area contributed by atoms with Crippen molar-refractivity contribution < 1.29 is 23.4 Å². The van der Waals surface area contributed by atoms with Crippen molar-refractivity contribution in [3.05, 3.63) is 35.4 Å². The number of aliphatic hydroxyl groups excluding tert-OH is 1. The van der Waals surface area contributed by atoms with Gasteiger partial charge in [0.2, 0.25) is 10.0 Å². The fourth-order valence-electron chi connectivity index (χ4n) is 3.55.